The summed E-state index contributed by atoms with van der Waals surface area (Å²) in [4.78, 5) is 26.5. The minimum Gasteiger partial charge on any atom is -0.353 e. The second kappa shape index (κ2) is 7.81. The van der Waals surface area contributed by atoms with Crippen LogP contribution in [0.4, 0.5) is 0 Å². The molecule has 2 amide bonds. The van der Waals surface area contributed by atoms with Crippen LogP contribution in [0.25, 0.3) is 10.2 Å². The van der Waals surface area contributed by atoms with Crippen molar-refractivity contribution in [2.45, 2.75) is 19.3 Å². The van der Waals surface area contributed by atoms with E-state index in [1.165, 1.54) is 19.3 Å². The molecule has 1 aliphatic heterocycles. The summed E-state index contributed by atoms with van der Waals surface area (Å²) >= 11 is 1.60. The fourth-order valence-electron chi connectivity index (χ4n) is 3.12. The summed E-state index contributed by atoms with van der Waals surface area (Å²) < 4.78 is 2.93. The van der Waals surface area contributed by atoms with Crippen molar-refractivity contribution in [3.8, 4) is 0 Å². The quantitative estimate of drug-likeness (QED) is 0.833. The summed E-state index contributed by atoms with van der Waals surface area (Å²) in [6, 6.07) is 3.85. The second-order valence-corrected chi connectivity index (χ2v) is 7.14. The zero-order valence-corrected chi connectivity index (χ0v) is 14.8. The lowest BCUT2D eigenvalue weighted by Gasteiger charge is -2.26. The molecule has 3 heterocycles. The molecule has 24 heavy (non-hydrogen) atoms. The molecule has 2 aromatic rings. The van der Waals surface area contributed by atoms with E-state index in [2.05, 4.69) is 15.5 Å². The Labute approximate surface area is 145 Å². The van der Waals surface area contributed by atoms with E-state index in [1.54, 1.807) is 11.3 Å². The first-order chi connectivity index (χ1) is 11.6. The van der Waals surface area contributed by atoms with E-state index in [0.717, 1.165) is 29.9 Å². The van der Waals surface area contributed by atoms with Gasteiger partial charge in [-0.2, -0.15) is 0 Å². The van der Waals surface area contributed by atoms with Crippen LogP contribution in [-0.2, 0) is 11.8 Å². The first-order valence-electron chi connectivity index (χ1n) is 8.45. The van der Waals surface area contributed by atoms with Crippen LogP contribution in [0.2, 0.25) is 0 Å². The molecule has 0 radical (unpaired) electrons. The zero-order chi connectivity index (χ0) is 16.9. The van der Waals surface area contributed by atoms with Crippen molar-refractivity contribution in [1.29, 1.82) is 0 Å². The van der Waals surface area contributed by atoms with Crippen molar-refractivity contribution >= 4 is 33.4 Å². The molecule has 0 bridgehead atoms. The monoisotopic (exact) mass is 348 g/mol. The number of thiophene rings is 1. The van der Waals surface area contributed by atoms with Crippen LogP contribution in [0.15, 0.2) is 17.5 Å². The topological polar surface area (TPSA) is 66.4 Å². The normalized spacial score (nSPS) is 15.5. The Balaban J connectivity index is 1.41. The second-order valence-electron chi connectivity index (χ2n) is 6.19. The van der Waals surface area contributed by atoms with E-state index in [9.17, 15) is 9.59 Å². The van der Waals surface area contributed by atoms with Crippen molar-refractivity contribution in [2.75, 3.05) is 32.7 Å². The first kappa shape index (κ1) is 17.0. The highest BCUT2D eigenvalue weighted by atomic mass is 32.1. The molecule has 0 atom stereocenters. The molecule has 7 heteroatoms. The molecule has 1 aliphatic rings. The number of carbonyl (C=O) groups is 2. The lowest BCUT2D eigenvalue weighted by atomic mass is 10.1. The minimum absolute atomic E-state index is 0.0116. The molecule has 3 rings (SSSR count). The number of hydrogen-bond donors (Lipinski definition) is 2. The maximum atomic E-state index is 12.2. The number of fused-ring (bicyclic) bond motifs is 1. The van der Waals surface area contributed by atoms with E-state index in [0.29, 0.717) is 12.2 Å². The number of aromatic nitrogens is 1. The molecule has 0 saturated carbocycles. The van der Waals surface area contributed by atoms with Gasteiger partial charge in [-0.1, -0.05) is 6.42 Å². The number of nitrogens with one attached hydrogen (secondary N) is 2. The fraction of sp³-hybridized carbons (Fsp3) is 0.529. The van der Waals surface area contributed by atoms with Crippen molar-refractivity contribution in [2.24, 2.45) is 7.05 Å². The molecule has 0 spiro atoms. The molecular formula is C17H24N4O2S. The predicted octanol–water partition coefficient (Wildman–Crippen LogP) is 1.57. The molecule has 0 unspecified atom stereocenters. The molecule has 2 aromatic heterocycles. The van der Waals surface area contributed by atoms with Gasteiger partial charge in [0.1, 0.15) is 5.69 Å². The third-order valence-electron chi connectivity index (χ3n) is 4.50. The average Bonchev–Trinajstić information content (AvgIpc) is 3.17. The van der Waals surface area contributed by atoms with Gasteiger partial charge in [0.25, 0.3) is 5.91 Å². The van der Waals surface area contributed by atoms with Gasteiger partial charge in [-0.05, 0) is 43.4 Å². The average molecular weight is 348 g/mol. The molecule has 1 saturated heterocycles. The Morgan fingerprint density at radius 1 is 1.21 bits per heavy atom. The van der Waals surface area contributed by atoms with Crippen molar-refractivity contribution in [3.05, 3.63) is 23.2 Å². The minimum atomic E-state index is -0.216. The zero-order valence-electron chi connectivity index (χ0n) is 14.0. The Hall–Kier alpha value is -1.86. The molecule has 6 nitrogen and oxygen atoms in total. The highest BCUT2D eigenvalue weighted by Gasteiger charge is 2.15. The molecule has 0 aromatic carbocycles. The Morgan fingerprint density at radius 3 is 2.75 bits per heavy atom. The Kier molecular flexibility index (Phi) is 5.52. The highest BCUT2D eigenvalue weighted by Crippen LogP contribution is 2.23. The summed E-state index contributed by atoms with van der Waals surface area (Å²) in [6.45, 7) is 3.77. The number of piperidine rings is 1. The van der Waals surface area contributed by atoms with E-state index < -0.39 is 0 Å². The standard InChI is InChI=1S/C17H24N4O2S/c1-20-13-5-10-24-15(13)11-14(20)17(23)19-12-16(22)18-6-9-21-7-3-2-4-8-21/h5,10-11H,2-4,6-9,12H2,1H3,(H,18,22)(H,19,23). The van der Waals surface area contributed by atoms with Crippen LogP contribution in [0.1, 0.15) is 29.8 Å². The highest BCUT2D eigenvalue weighted by molar-refractivity contribution is 7.17. The van der Waals surface area contributed by atoms with Crippen LogP contribution in [0.5, 0.6) is 0 Å². The number of rotatable bonds is 6. The van der Waals surface area contributed by atoms with E-state index in [4.69, 9.17) is 0 Å². The predicted molar refractivity (Wildman–Crippen MR) is 96.4 cm³/mol. The van der Waals surface area contributed by atoms with Gasteiger partial charge in [-0.25, -0.2) is 0 Å². The smallest absolute Gasteiger partial charge is 0.268 e. The lowest BCUT2D eigenvalue weighted by molar-refractivity contribution is -0.120. The number of likely N-dealkylation sites (tertiary alicyclic amines) is 1. The molecule has 1 fully saturated rings. The van der Waals surface area contributed by atoms with E-state index >= 15 is 0 Å². The van der Waals surface area contributed by atoms with Gasteiger partial charge < -0.3 is 20.1 Å². The van der Waals surface area contributed by atoms with Gasteiger partial charge in [-0.15, -0.1) is 11.3 Å². The van der Waals surface area contributed by atoms with E-state index in [-0.39, 0.29) is 18.4 Å². The SMILES string of the molecule is Cn1c(C(=O)NCC(=O)NCCN2CCCCC2)cc2sccc21. The molecule has 2 N–H and O–H groups in total. The maximum Gasteiger partial charge on any atom is 0.268 e. The van der Waals surface area contributed by atoms with Crippen LogP contribution >= 0.6 is 11.3 Å². The van der Waals surface area contributed by atoms with Gasteiger partial charge in [0.15, 0.2) is 0 Å². The van der Waals surface area contributed by atoms with Crippen molar-refractivity contribution in [1.82, 2.24) is 20.1 Å². The van der Waals surface area contributed by atoms with Gasteiger partial charge in [0.2, 0.25) is 5.91 Å². The summed E-state index contributed by atoms with van der Waals surface area (Å²) in [5.41, 5.74) is 1.62. The maximum absolute atomic E-state index is 12.2. The van der Waals surface area contributed by atoms with Gasteiger partial charge >= 0.3 is 0 Å². The number of carbonyl (C=O) groups excluding carboxylic acids is 2. The Bertz CT molecular complexity index is 715. The number of aryl methyl sites for hydroxylation is 1. The van der Waals surface area contributed by atoms with Crippen LogP contribution in [0.3, 0.4) is 0 Å². The first-order valence-corrected chi connectivity index (χ1v) is 9.33. The molecule has 130 valence electrons. The summed E-state index contributed by atoms with van der Waals surface area (Å²) in [7, 11) is 1.86. The molecular weight excluding hydrogens is 324 g/mol. The number of amides is 2. The lowest BCUT2D eigenvalue weighted by Crippen LogP contribution is -2.41. The van der Waals surface area contributed by atoms with Gasteiger partial charge in [0.05, 0.1) is 16.8 Å². The summed E-state index contributed by atoms with van der Waals surface area (Å²) in [5.74, 6) is -0.358. The van der Waals surface area contributed by atoms with Crippen molar-refractivity contribution in [3.63, 3.8) is 0 Å². The third kappa shape index (κ3) is 3.96. The van der Waals surface area contributed by atoms with Crippen LogP contribution in [0, 0.1) is 0 Å². The fourth-order valence-corrected chi connectivity index (χ4v) is 3.97. The summed E-state index contributed by atoms with van der Waals surface area (Å²) in [5, 5.41) is 7.57. The van der Waals surface area contributed by atoms with Crippen molar-refractivity contribution < 1.29 is 9.59 Å². The molecule has 0 aliphatic carbocycles. The third-order valence-corrected chi connectivity index (χ3v) is 5.36. The number of hydrogen-bond acceptors (Lipinski definition) is 4. The van der Waals surface area contributed by atoms with E-state index in [1.807, 2.05) is 29.1 Å². The van der Waals surface area contributed by atoms with Gasteiger partial charge in [-0.3, -0.25) is 9.59 Å². The van der Waals surface area contributed by atoms with Crippen LogP contribution < -0.4 is 10.6 Å². The largest absolute Gasteiger partial charge is 0.353 e. The van der Waals surface area contributed by atoms with Crippen LogP contribution in [-0.4, -0.2) is 54.0 Å². The Morgan fingerprint density at radius 2 is 2.00 bits per heavy atom. The van der Waals surface area contributed by atoms with Gasteiger partial charge in [0, 0.05) is 20.1 Å². The summed E-state index contributed by atoms with van der Waals surface area (Å²) in [6.07, 6.45) is 3.81. The number of nitrogens with zero attached hydrogens (tertiary/aromatic N) is 2.